The number of amides is 1. The summed E-state index contributed by atoms with van der Waals surface area (Å²) in [6.45, 7) is 2.38. The van der Waals surface area contributed by atoms with E-state index in [-0.39, 0.29) is 18.6 Å². The molecule has 1 unspecified atom stereocenters. The molecule has 0 spiro atoms. The van der Waals surface area contributed by atoms with Gasteiger partial charge in [0.15, 0.2) is 0 Å². The van der Waals surface area contributed by atoms with Gasteiger partial charge in [0.2, 0.25) is 0 Å². The van der Waals surface area contributed by atoms with Crippen LogP contribution in [0.2, 0.25) is 0 Å². The topological polar surface area (TPSA) is 69.8 Å². The Labute approximate surface area is 113 Å². The van der Waals surface area contributed by atoms with E-state index in [1.165, 1.54) is 0 Å². The molecule has 0 bridgehead atoms. The number of aliphatic hydroxyl groups excluding tert-OH is 1. The molecule has 1 fully saturated rings. The molecule has 2 rings (SSSR count). The van der Waals surface area contributed by atoms with Crippen LogP contribution in [0.4, 0.5) is 5.69 Å². The molecule has 1 aromatic rings. The Kier molecular flexibility index (Phi) is 4.39. The summed E-state index contributed by atoms with van der Waals surface area (Å²) in [6.07, 6.45) is 0.696. The van der Waals surface area contributed by atoms with Crippen molar-refractivity contribution in [3.63, 3.8) is 0 Å². The van der Waals surface area contributed by atoms with E-state index in [0.717, 1.165) is 13.1 Å². The van der Waals surface area contributed by atoms with Crippen molar-refractivity contribution in [2.75, 3.05) is 39.0 Å². The quantitative estimate of drug-likeness (QED) is 0.775. The number of benzene rings is 1. The van der Waals surface area contributed by atoms with Gasteiger partial charge in [-0.1, -0.05) is 0 Å². The lowest BCUT2D eigenvalue weighted by Gasteiger charge is -2.39. The first-order valence-electron chi connectivity index (χ1n) is 6.57. The Balaban J connectivity index is 2.05. The van der Waals surface area contributed by atoms with Gasteiger partial charge in [0.05, 0.1) is 0 Å². The third kappa shape index (κ3) is 3.24. The van der Waals surface area contributed by atoms with E-state index in [0.29, 0.717) is 24.2 Å². The second kappa shape index (κ2) is 6.04. The molecule has 0 aromatic heterocycles. The molecule has 1 amide bonds. The molecule has 104 valence electrons. The summed E-state index contributed by atoms with van der Waals surface area (Å²) in [5.74, 6) is 0.0380. The van der Waals surface area contributed by atoms with E-state index in [9.17, 15) is 4.79 Å². The summed E-state index contributed by atoms with van der Waals surface area (Å²) < 4.78 is 0. The van der Waals surface area contributed by atoms with E-state index in [1.54, 1.807) is 24.3 Å². The Morgan fingerprint density at radius 2 is 2.05 bits per heavy atom. The van der Waals surface area contributed by atoms with Gasteiger partial charge in [0.1, 0.15) is 0 Å². The number of hydrogen-bond donors (Lipinski definition) is 2. The average molecular weight is 263 g/mol. The fourth-order valence-corrected chi connectivity index (χ4v) is 2.40. The highest BCUT2D eigenvalue weighted by atomic mass is 16.3. The highest BCUT2D eigenvalue weighted by molar-refractivity contribution is 5.94. The molecule has 1 heterocycles. The second-order valence-corrected chi connectivity index (χ2v) is 5.02. The number of nitrogens with zero attached hydrogens (tertiary/aromatic N) is 2. The third-order valence-corrected chi connectivity index (χ3v) is 3.68. The van der Waals surface area contributed by atoms with Crippen LogP contribution in [0.3, 0.4) is 0 Å². The number of nitrogen functional groups attached to an aromatic ring is 1. The first-order valence-corrected chi connectivity index (χ1v) is 6.57. The normalized spacial score (nSPS) is 20.5. The van der Waals surface area contributed by atoms with Crippen molar-refractivity contribution in [2.45, 2.75) is 12.5 Å². The summed E-state index contributed by atoms with van der Waals surface area (Å²) in [5.41, 5.74) is 6.95. The smallest absolute Gasteiger partial charge is 0.253 e. The van der Waals surface area contributed by atoms with Crippen LogP contribution in [0.5, 0.6) is 0 Å². The standard InChI is InChI=1S/C14H21N3O2/c1-16-7-8-17(10-13(16)6-9-18)14(19)11-2-4-12(15)5-3-11/h2-5,13,18H,6-10,15H2,1H3. The van der Waals surface area contributed by atoms with Crippen LogP contribution >= 0.6 is 0 Å². The molecule has 1 aliphatic rings. The number of nitrogens with two attached hydrogens (primary N) is 1. The number of hydrogen-bond acceptors (Lipinski definition) is 4. The van der Waals surface area contributed by atoms with E-state index in [1.807, 2.05) is 11.9 Å². The molecule has 5 heteroatoms. The van der Waals surface area contributed by atoms with Crippen molar-refractivity contribution in [3.8, 4) is 0 Å². The van der Waals surface area contributed by atoms with Crippen molar-refractivity contribution in [2.24, 2.45) is 0 Å². The number of anilines is 1. The Bertz CT molecular complexity index is 433. The maximum atomic E-state index is 12.4. The SMILES string of the molecule is CN1CCN(C(=O)c2ccc(N)cc2)CC1CCO. The minimum absolute atomic E-state index is 0.0380. The molecule has 19 heavy (non-hydrogen) atoms. The van der Waals surface area contributed by atoms with E-state index >= 15 is 0 Å². The molecule has 1 aromatic carbocycles. The van der Waals surface area contributed by atoms with Gasteiger partial charge in [-0.2, -0.15) is 0 Å². The van der Waals surface area contributed by atoms with Crippen LogP contribution in [-0.4, -0.2) is 60.1 Å². The zero-order valence-electron chi connectivity index (χ0n) is 11.2. The van der Waals surface area contributed by atoms with Crippen molar-refractivity contribution in [3.05, 3.63) is 29.8 Å². The van der Waals surface area contributed by atoms with E-state index < -0.39 is 0 Å². The lowest BCUT2D eigenvalue weighted by atomic mass is 10.1. The molecule has 1 saturated heterocycles. The maximum Gasteiger partial charge on any atom is 0.253 e. The Morgan fingerprint density at radius 3 is 2.68 bits per heavy atom. The first kappa shape index (κ1) is 13.8. The van der Waals surface area contributed by atoms with Crippen LogP contribution in [0, 0.1) is 0 Å². The van der Waals surface area contributed by atoms with Crippen molar-refractivity contribution in [1.29, 1.82) is 0 Å². The van der Waals surface area contributed by atoms with Gasteiger partial charge in [0, 0.05) is 43.5 Å². The monoisotopic (exact) mass is 263 g/mol. The molecule has 0 aliphatic carbocycles. The van der Waals surface area contributed by atoms with Crippen LogP contribution in [0.15, 0.2) is 24.3 Å². The summed E-state index contributed by atoms with van der Waals surface area (Å²) in [4.78, 5) is 16.4. The molecule has 0 saturated carbocycles. The van der Waals surface area contributed by atoms with E-state index in [2.05, 4.69) is 4.90 Å². The number of rotatable bonds is 3. The number of carbonyl (C=O) groups excluding carboxylic acids is 1. The van der Waals surface area contributed by atoms with Crippen molar-refractivity contribution >= 4 is 11.6 Å². The van der Waals surface area contributed by atoms with Gasteiger partial charge in [0.25, 0.3) is 5.91 Å². The molecule has 0 radical (unpaired) electrons. The molecule has 1 atom stereocenters. The Morgan fingerprint density at radius 1 is 1.37 bits per heavy atom. The number of aliphatic hydroxyl groups is 1. The van der Waals surface area contributed by atoms with Gasteiger partial charge in [-0.25, -0.2) is 0 Å². The largest absolute Gasteiger partial charge is 0.399 e. The van der Waals surface area contributed by atoms with Gasteiger partial charge in [-0.05, 0) is 37.7 Å². The van der Waals surface area contributed by atoms with Crippen molar-refractivity contribution < 1.29 is 9.90 Å². The fraction of sp³-hybridized carbons (Fsp3) is 0.500. The summed E-state index contributed by atoms with van der Waals surface area (Å²) in [6, 6.07) is 7.24. The molecule has 1 aliphatic heterocycles. The van der Waals surface area contributed by atoms with Crippen LogP contribution in [-0.2, 0) is 0 Å². The number of carbonyl (C=O) groups is 1. The molecule has 5 nitrogen and oxygen atoms in total. The van der Waals surface area contributed by atoms with Gasteiger partial charge in [-0.3, -0.25) is 9.69 Å². The molecular weight excluding hydrogens is 242 g/mol. The van der Waals surface area contributed by atoms with Gasteiger partial charge < -0.3 is 15.7 Å². The third-order valence-electron chi connectivity index (χ3n) is 3.68. The minimum atomic E-state index is 0.0380. The predicted octanol–water partition coefficient (Wildman–Crippen LogP) is 0.407. The summed E-state index contributed by atoms with van der Waals surface area (Å²) in [7, 11) is 2.03. The number of piperazine rings is 1. The lowest BCUT2D eigenvalue weighted by Crippen LogP contribution is -2.53. The zero-order chi connectivity index (χ0) is 13.8. The van der Waals surface area contributed by atoms with Crippen LogP contribution in [0.25, 0.3) is 0 Å². The van der Waals surface area contributed by atoms with Gasteiger partial charge >= 0.3 is 0 Å². The van der Waals surface area contributed by atoms with Gasteiger partial charge in [-0.15, -0.1) is 0 Å². The average Bonchev–Trinajstić information content (AvgIpc) is 2.41. The predicted molar refractivity (Wildman–Crippen MR) is 74.9 cm³/mol. The Hall–Kier alpha value is -1.59. The maximum absolute atomic E-state index is 12.4. The van der Waals surface area contributed by atoms with E-state index in [4.69, 9.17) is 10.8 Å². The van der Waals surface area contributed by atoms with Crippen LogP contribution in [0.1, 0.15) is 16.8 Å². The van der Waals surface area contributed by atoms with Crippen molar-refractivity contribution in [1.82, 2.24) is 9.80 Å². The highest BCUT2D eigenvalue weighted by Gasteiger charge is 2.27. The highest BCUT2D eigenvalue weighted by Crippen LogP contribution is 2.15. The first-order chi connectivity index (χ1) is 9.11. The zero-order valence-corrected chi connectivity index (χ0v) is 11.2. The second-order valence-electron chi connectivity index (χ2n) is 5.02. The summed E-state index contributed by atoms with van der Waals surface area (Å²) in [5, 5.41) is 9.06. The lowest BCUT2D eigenvalue weighted by molar-refractivity contribution is 0.0500. The minimum Gasteiger partial charge on any atom is -0.399 e. The summed E-state index contributed by atoms with van der Waals surface area (Å²) >= 11 is 0. The molecular formula is C14H21N3O2. The van der Waals surface area contributed by atoms with Crippen LogP contribution < -0.4 is 5.73 Å². The fourth-order valence-electron chi connectivity index (χ4n) is 2.40. The molecule has 3 N–H and O–H groups in total. The number of likely N-dealkylation sites (N-methyl/N-ethyl adjacent to an activating group) is 1.